The molecule has 0 saturated carbocycles. The molecule has 2 aromatic rings. The van der Waals surface area contributed by atoms with Gasteiger partial charge in [-0.1, -0.05) is 0 Å². The molecule has 0 bridgehead atoms. The second kappa shape index (κ2) is 5.46. The van der Waals surface area contributed by atoms with Gasteiger partial charge in [0.25, 0.3) is 0 Å². The summed E-state index contributed by atoms with van der Waals surface area (Å²) in [5.74, 6) is -1.25. The molecule has 0 saturated heterocycles. The SMILES string of the molecule is Cc1cc(Br)c(F)cc1Nc1ncc(C(=O)O)cc1N. The molecular formula is C13H11BrFN3O2. The number of anilines is 3. The Kier molecular flexibility index (Phi) is 3.89. The van der Waals surface area contributed by atoms with E-state index < -0.39 is 11.8 Å². The Balaban J connectivity index is 2.35. The predicted octanol–water partition coefficient (Wildman–Crippen LogP) is 3.32. The monoisotopic (exact) mass is 339 g/mol. The van der Waals surface area contributed by atoms with Crippen molar-refractivity contribution in [2.24, 2.45) is 0 Å². The van der Waals surface area contributed by atoms with Crippen molar-refractivity contribution in [1.82, 2.24) is 4.98 Å². The summed E-state index contributed by atoms with van der Waals surface area (Å²) in [6.45, 7) is 1.80. The molecule has 20 heavy (non-hydrogen) atoms. The van der Waals surface area contributed by atoms with Crippen LogP contribution in [-0.4, -0.2) is 16.1 Å². The topological polar surface area (TPSA) is 88.2 Å². The quantitative estimate of drug-likeness (QED) is 0.798. The number of rotatable bonds is 3. The van der Waals surface area contributed by atoms with Gasteiger partial charge in [-0.25, -0.2) is 14.2 Å². The average molecular weight is 340 g/mol. The van der Waals surface area contributed by atoms with E-state index in [-0.39, 0.29) is 17.1 Å². The van der Waals surface area contributed by atoms with Crippen molar-refractivity contribution >= 4 is 39.1 Å². The molecule has 1 heterocycles. The Labute approximate surface area is 122 Å². The number of hydrogen-bond acceptors (Lipinski definition) is 4. The van der Waals surface area contributed by atoms with Gasteiger partial charge in [-0.2, -0.15) is 0 Å². The molecule has 4 N–H and O–H groups in total. The highest BCUT2D eigenvalue weighted by atomic mass is 79.9. The number of benzene rings is 1. The number of aromatic nitrogens is 1. The van der Waals surface area contributed by atoms with Crippen LogP contribution in [-0.2, 0) is 0 Å². The number of aryl methyl sites for hydroxylation is 1. The third-order valence-electron chi connectivity index (χ3n) is 2.68. The zero-order valence-electron chi connectivity index (χ0n) is 10.4. The third kappa shape index (κ3) is 2.88. The largest absolute Gasteiger partial charge is 0.478 e. The van der Waals surface area contributed by atoms with Crippen LogP contribution < -0.4 is 11.1 Å². The van der Waals surface area contributed by atoms with Crippen molar-refractivity contribution in [3.05, 3.63) is 45.8 Å². The normalized spacial score (nSPS) is 10.3. The molecule has 0 atom stereocenters. The fraction of sp³-hybridized carbons (Fsp3) is 0.0769. The van der Waals surface area contributed by atoms with E-state index in [4.69, 9.17) is 10.8 Å². The molecule has 0 unspecified atom stereocenters. The van der Waals surface area contributed by atoms with Crippen LogP contribution in [0.5, 0.6) is 0 Å². The van der Waals surface area contributed by atoms with E-state index in [9.17, 15) is 9.18 Å². The number of nitrogen functional groups attached to an aromatic ring is 1. The van der Waals surface area contributed by atoms with Crippen LogP contribution in [0.4, 0.5) is 21.6 Å². The predicted molar refractivity (Wildman–Crippen MR) is 77.7 cm³/mol. The summed E-state index contributed by atoms with van der Waals surface area (Å²) >= 11 is 3.10. The smallest absolute Gasteiger partial charge is 0.337 e. The van der Waals surface area contributed by atoms with Crippen molar-refractivity contribution in [2.45, 2.75) is 6.92 Å². The standard InChI is InChI=1S/C13H11BrFN3O2/c1-6-2-8(14)9(15)4-11(6)18-12-10(16)3-7(5-17-12)13(19)20/h2-5H,16H2,1H3,(H,17,18)(H,19,20). The molecule has 0 aliphatic heterocycles. The molecule has 2 rings (SSSR count). The van der Waals surface area contributed by atoms with Crippen molar-refractivity contribution in [1.29, 1.82) is 0 Å². The van der Waals surface area contributed by atoms with Gasteiger partial charge < -0.3 is 16.2 Å². The van der Waals surface area contributed by atoms with Crippen molar-refractivity contribution in [3.63, 3.8) is 0 Å². The van der Waals surface area contributed by atoms with Crippen molar-refractivity contribution in [3.8, 4) is 0 Å². The number of carbonyl (C=O) groups is 1. The Morgan fingerprint density at radius 1 is 1.45 bits per heavy atom. The van der Waals surface area contributed by atoms with Crippen LogP contribution in [0.2, 0.25) is 0 Å². The summed E-state index contributed by atoms with van der Waals surface area (Å²) in [4.78, 5) is 14.7. The second-order valence-corrected chi connectivity index (χ2v) is 5.03. The van der Waals surface area contributed by atoms with Crippen LogP contribution in [0, 0.1) is 12.7 Å². The summed E-state index contributed by atoms with van der Waals surface area (Å²) in [6.07, 6.45) is 1.19. The van der Waals surface area contributed by atoms with E-state index in [2.05, 4.69) is 26.2 Å². The van der Waals surface area contributed by atoms with Crippen LogP contribution in [0.1, 0.15) is 15.9 Å². The first kappa shape index (κ1) is 14.3. The molecule has 5 nitrogen and oxygen atoms in total. The molecule has 0 amide bonds. The maximum atomic E-state index is 13.5. The highest BCUT2D eigenvalue weighted by Crippen LogP contribution is 2.28. The van der Waals surface area contributed by atoms with E-state index in [0.717, 1.165) is 5.56 Å². The molecule has 0 spiro atoms. The molecule has 104 valence electrons. The molecule has 0 aliphatic rings. The van der Waals surface area contributed by atoms with Crippen LogP contribution in [0.15, 0.2) is 28.9 Å². The number of aromatic carboxylic acids is 1. The first-order chi connectivity index (χ1) is 9.38. The van der Waals surface area contributed by atoms with Crippen LogP contribution >= 0.6 is 15.9 Å². The maximum Gasteiger partial charge on any atom is 0.337 e. The zero-order valence-corrected chi connectivity index (χ0v) is 12.0. The van der Waals surface area contributed by atoms with Crippen LogP contribution in [0.3, 0.4) is 0 Å². The molecule has 1 aromatic heterocycles. The Morgan fingerprint density at radius 2 is 2.15 bits per heavy atom. The van der Waals surface area contributed by atoms with Crippen LogP contribution in [0.25, 0.3) is 0 Å². The zero-order chi connectivity index (χ0) is 14.9. The number of nitrogens with zero attached hydrogens (tertiary/aromatic N) is 1. The van der Waals surface area contributed by atoms with Gasteiger partial charge in [0.05, 0.1) is 15.7 Å². The minimum absolute atomic E-state index is 0.00763. The first-order valence-electron chi connectivity index (χ1n) is 5.60. The van der Waals surface area contributed by atoms with E-state index >= 15 is 0 Å². The van der Waals surface area contributed by atoms with Gasteiger partial charge >= 0.3 is 5.97 Å². The number of pyridine rings is 1. The summed E-state index contributed by atoms with van der Waals surface area (Å²) in [5, 5.41) is 11.7. The number of nitrogens with one attached hydrogen (secondary N) is 1. The van der Waals surface area contributed by atoms with Gasteiger partial charge in [0.2, 0.25) is 0 Å². The molecule has 0 radical (unpaired) electrons. The lowest BCUT2D eigenvalue weighted by Gasteiger charge is -2.12. The fourth-order valence-electron chi connectivity index (χ4n) is 1.61. The molecule has 7 heteroatoms. The second-order valence-electron chi connectivity index (χ2n) is 4.17. The Bertz CT molecular complexity index is 692. The first-order valence-corrected chi connectivity index (χ1v) is 6.39. The average Bonchev–Trinajstić information content (AvgIpc) is 2.37. The number of hydrogen-bond donors (Lipinski definition) is 3. The summed E-state index contributed by atoms with van der Waals surface area (Å²) in [6, 6.07) is 4.23. The van der Waals surface area contributed by atoms with Gasteiger partial charge in [0, 0.05) is 11.9 Å². The van der Waals surface area contributed by atoms with E-state index in [1.54, 1.807) is 13.0 Å². The number of nitrogens with two attached hydrogens (primary N) is 1. The minimum Gasteiger partial charge on any atom is -0.478 e. The summed E-state index contributed by atoms with van der Waals surface area (Å²) in [5.41, 5.74) is 7.20. The van der Waals surface area contributed by atoms with Gasteiger partial charge in [-0.05, 0) is 46.6 Å². The molecule has 1 aromatic carbocycles. The number of carboxylic acid groups (broad SMARTS) is 1. The molecule has 0 fully saturated rings. The van der Waals surface area contributed by atoms with E-state index in [0.29, 0.717) is 10.2 Å². The maximum absolute atomic E-state index is 13.5. The van der Waals surface area contributed by atoms with Gasteiger partial charge in [-0.3, -0.25) is 0 Å². The van der Waals surface area contributed by atoms with Gasteiger partial charge in [0.1, 0.15) is 5.82 Å². The Hall–Kier alpha value is -2.15. The fourth-order valence-corrected chi connectivity index (χ4v) is 2.07. The Morgan fingerprint density at radius 3 is 2.75 bits per heavy atom. The van der Waals surface area contributed by atoms with Gasteiger partial charge in [-0.15, -0.1) is 0 Å². The highest BCUT2D eigenvalue weighted by Gasteiger charge is 2.10. The third-order valence-corrected chi connectivity index (χ3v) is 3.29. The lowest BCUT2D eigenvalue weighted by atomic mass is 10.2. The molecule has 0 aliphatic carbocycles. The lowest BCUT2D eigenvalue weighted by molar-refractivity contribution is 0.0696. The van der Waals surface area contributed by atoms with E-state index in [1.807, 2.05) is 0 Å². The highest BCUT2D eigenvalue weighted by molar-refractivity contribution is 9.10. The van der Waals surface area contributed by atoms with Gasteiger partial charge in [0.15, 0.2) is 5.82 Å². The summed E-state index contributed by atoms with van der Waals surface area (Å²) < 4.78 is 13.9. The van der Waals surface area contributed by atoms with E-state index in [1.165, 1.54) is 18.3 Å². The summed E-state index contributed by atoms with van der Waals surface area (Å²) in [7, 11) is 0. The minimum atomic E-state index is -1.11. The molecular weight excluding hydrogens is 329 g/mol. The number of carboxylic acids is 1. The number of halogens is 2. The van der Waals surface area contributed by atoms with Crippen molar-refractivity contribution < 1.29 is 14.3 Å². The van der Waals surface area contributed by atoms with Crippen molar-refractivity contribution in [2.75, 3.05) is 11.1 Å². The lowest BCUT2D eigenvalue weighted by Crippen LogP contribution is -2.04.